The van der Waals surface area contributed by atoms with Crippen molar-refractivity contribution in [3.63, 3.8) is 0 Å². The Hall–Kier alpha value is -17.4. The van der Waals surface area contributed by atoms with Crippen molar-refractivity contribution in [1.82, 2.24) is 260 Å². The second kappa shape index (κ2) is 55.7. The van der Waals surface area contributed by atoms with E-state index in [2.05, 4.69) is 270 Å². The topological polar surface area (TPSA) is 723 Å². The smallest absolute Gasteiger partial charge is 0.264 e. The highest BCUT2D eigenvalue weighted by molar-refractivity contribution is 5.57. The molecule has 0 radical (unpaired) electrons. The third kappa shape index (κ3) is 31.8. The highest BCUT2D eigenvalue weighted by Gasteiger charge is 2.24. The summed E-state index contributed by atoms with van der Waals surface area (Å²) >= 11 is 0. The maximum absolute atomic E-state index is 5.21. The fourth-order valence-corrected chi connectivity index (χ4v) is 13.1. The molecule has 0 saturated carbocycles. The number of H-pyrrole nitrogens is 4. The summed E-state index contributed by atoms with van der Waals surface area (Å²) in [7, 11) is 0. The van der Waals surface area contributed by atoms with Crippen LogP contribution in [0.15, 0.2) is 183 Å². The van der Waals surface area contributed by atoms with Gasteiger partial charge in [0.1, 0.15) is 11.4 Å². The van der Waals surface area contributed by atoms with E-state index in [1.807, 2.05) is 143 Å². The van der Waals surface area contributed by atoms with Crippen molar-refractivity contribution in [2.75, 3.05) is 75.2 Å². The monoisotopic (exact) mass is 1920 g/mol. The number of benzene rings is 3. The molecule has 4 fully saturated rings. The summed E-state index contributed by atoms with van der Waals surface area (Å²) in [5.41, 5.74) is 16.3. The van der Waals surface area contributed by atoms with Crippen molar-refractivity contribution in [1.29, 1.82) is 0 Å². The Morgan fingerprint density at radius 2 is 0.669 bits per heavy atom. The van der Waals surface area contributed by atoms with Crippen LogP contribution in [0.25, 0.3) is 104 Å². The van der Waals surface area contributed by atoms with E-state index in [0.29, 0.717) is 135 Å². The number of nitrogens with two attached hydrogens (primary N) is 2. The van der Waals surface area contributed by atoms with Crippen molar-refractivity contribution in [3.8, 4) is 104 Å². The van der Waals surface area contributed by atoms with Gasteiger partial charge >= 0.3 is 0 Å². The van der Waals surface area contributed by atoms with Crippen LogP contribution < -0.4 is 47.9 Å². The van der Waals surface area contributed by atoms with Gasteiger partial charge in [-0.3, -0.25) is 9.97 Å². The fourth-order valence-electron chi connectivity index (χ4n) is 13.1. The van der Waals surface area contributed by atoms with E-state index in [1.54, 1.807) is 61.7 Å². The van der Waals surface area contributed by atoms with Crippen molar-refractivity contribution in [2.45, 2.75) is 124 Å². The second-order valence-corrected chi connectivity index (χ2v) is 30.6. The molecule has 2 unspecified atom stereocenters. The zero-order valence-electron chi connectivity index (χ0n) is 78.1. The van der Waals surface area contributed by atoms with E-state index >= 15 is 0 Å². The van der Waals surface area contributed by atoms with Gasteiger partial charge in [0.2, 0.25) is 52.4 Å². The molecule has 4 saturated heterocycles. The Morgan fingerprint density at radius 3 is 1.00 bits per heavy atom. The van der Waals surface area contributed by atoms with Gasteiger partial charge in [0.05, 0.1) is 38.3 Å². The summed E-state index contributed by atoms with van der Waals surface area (Å²) < 4.78 is 0. The number of anilines is 2. The van der Waals surface area contributed by atoms with Crippen LogP contribution in [0.3, 0.4) is 0 Å². The minimum atomic E-state index is 0.243. The SMILES string of the molecule is C1CCC(c2nnc(C3CCCCN3)nn2)NC1.C1CCN(c2nnc(N3CCNCC3)nn2)CC1.CCNCc1nnc(CNCC)nn1.Cc1cnc(-c2nnc(-c3ncc(C)[nH]3)nn2)[nH]1.NCc1nnc(CN)nn1.c1c[nH]c(-c2nnc(-c3ncc[nH]3)nn2)n1.c1ccc(-c2nnc(-c3ccccc3)nn2)cc1.c1ccc(-c2nnc(-c3ccccn3)nn2)nc1.c1ccc(-c2nncnn2)cc1. The summed E-state index contributed by atoms with van der Waals surface area (Å²) in [6.07, 6.45) is 25.5. The summed E-state index contributed by atoms with van der Waals surface area (Å²) in [6.45, 7) is 19.3. The number of piperidine rings is 3. The lowest BCUT2D eigenvalue weighted by atomic mass is 10.0. The van der Waals surface area contributed by atoms with E-state index in [-0.39, 0.29) is 25.2 Å². The van der Waals surface area contributed by atoms with Gasteiger partial charge < -0.3 is 67.8 Å². The van der Waals surface area contributed by atoms with E-state index in [0.717, 1.165) is 118 Å². The molecule has 142 heavy (non-hydrogen) atoms. The number of piperazine rings is 1. The largest absolute Gasteiger partial charge is 0.342 e. The Morgan fingerprint density at radius 1 is 0.317 bits per heavy atom. The number of rotatable bonds is 21. The molecule has 3 aromatic carbocycles. The van der Waals surface area contributed by atoms with Crippen LogP contribution in [-0.4, -0.2) is 299 Å². The summed E-state index contributed by atoms with van der Waals surface area (Å²) in [6, 6.07) is 40.4. The first-order valence-electron chi connectivity index (χ1n) is 45.6. The molecule has 4 aliphatic rings. The molecule has 18 aromatic rings. The molecular weight excluding hydrogens is 1820 g/mol. The van der Waals surface area contributed by atoms with Gasteiger partial charge in [-0.2, -0.15) is 0 Å². The molecule has 0 amide bonds. The third-order valence-electron chi connectivity index (χ3n) is 20.3. The van der Waals surface area contributed by atoms with Gasteiger partial charge in [-0.15, -0.1) is 184 Å². The number of nitrogens with one attached hydrogen (secondary N) is 9. The van der Waals surface area contributed by atoms with Crippen LogP contribution in [0.1, 0.15) is 130 Å². The van der Waals surface area contributed by atoms with Crippen LogP contribution >= 0.6 is 0 Å². The standard InChI is InChI=1S/C14H10N4.C12H20N6.C12H8N6.C11H19N7.C10H10N8.C8H6N8.C8H16N6.C8H6N4.C4H8N6/c1-3-7-11(8-4-1)13-15-17-14(18-16-13)12-9-5-2-6-10-12;2*1-3-7-13-9(5-1)11-15-17-12(18-16-11)10-6-2-4-8-14-10;1-2-6-17(7-3-1)10-13-15-11(16-14-10)18-8-4-12-5-9-18;1-5-3-11-7(13-5)9-15-17-10(18-16-9)8-12-4-6(2)14-8;1-2-10-5(9-1)7-13-15-8(16-14-7)6-11-3-4-12-6;1-3-9-5-7-11-13-8(14-12-7)6-10-4-2;1-2-4-7(5-3-1)8-11-9-6-10-12-8;5-1-3-7-9-4(2-6)10-8-3/h1-10H;9-10,13-14H,1-8H2;1-8H;12H,1-9H2;3-4H,1-2H3,(H,11,13)(H,12,14);1-4H,(H,9,10)(H,11,12);9-10H,3-6H2,1-2H3;1-6H;1-2,5-6H2. The molecule has 0 spiro atoms. The number of imidazole rings is 4. The Balaban J connectivity index is 0.000000128. The normalized spacial score (nSPS) is 14.0. The quantitative estimate of drug-likeness (QED) is 0.0486. The zero-order chi connectivity index (χ0) is 98.0. The zero-order valence-corrected chi connectivity index (χ0v) is 78.1. The molecule has 2 atom stereocenters. The number of nitrogens with zero attached hydrogens (tertiary/aromatic N) is 44. The van der Waals surface area contributed by atoms with Gasteiger partial charge in [0.15, 0.2) is 64.6 Å². The molecule has 22 rings (SSSR count). The number of aromatic nitrogens is 46. The van der Waals surface area contributed by atoms with E-state index in [9.17, 15) is 0 Å². The predicted molar refractivity (Wildman–Crippen MR) is 512 cm³/mol. The molecule has 15 aromatic heterocycles. The van der Waals surface area contributed by atoms with Crippen molar-refractivity contribution in [2.24, 2.45) is 11.5 Å². The molecule has 13 N–H and O–H groups in total. The lowest BCUT2D eigenvalue weighted by Crippen LogP contribution is -2.44. The van der Waals surface area contributed by atoms with E-state index in [1.165, 1.54) is 51.3 Å². The first-order valence-corrected chi connectivity index (χ1v) is 45.6. The van der Waals surface area contributed by atoms with Crippen molar-refractivity contribution >= 4 is 11.9 Å². The maximum Gasteiger partial charge on any atom is 0.264 e. The van der Waals surface area contributed by atoms with Gasteiger partial charge in [-0.05, 0) is 109 Å². The average molecular weight is 1920 g/mol. The Kier molecular flexibility index (Phi) is 39.4. The van der Waals surface area contributed by atoms with Crippen LogP contribution in [-0.2, 0) is 26.2 Å². The first kappa shape index (κ1) is 101. The molecule has 0 bridgehead atoms. The van der Waals surface area contributed by atoms with Crippen molar-refractivity contribution in [3.05, 3.63) is 230 Å². The van der Waals surface area contributed by atoms with Crippen LogP contribution in [0.4, 0.5) is 11.9 Å². The molecule has 726 valence electrons. The Bertz CT molecular complexity index is 5860. The molecule has 0 aliphatic carbocycles. The molecule has 4 aliphatic heterocycles. The van der Waals surface area contributed by atoms with Crippen LogP contribution in [0, 0.1) is 13.8 Å². The number of hydrogen-bond donors (Lipinski definition) is 11. The number of pyridine rings is 2. The lowest BCUT2D eigenvalue weighted by molar-refractivity contribution is 0.370. The molecular formula is C87H103N55. The van der Waals surface area contributed by atoms with Crippen molar-refractivity contribution < 1.29 is 0 Å². The lowest BCUT2D eigenvalue weighted by Gasteiger charge is -2.28. The van der Waals surface area contributed by atoms with Gasteiger partial charge in [-0.25, -0.2) is 19.9 Å². The van der Waals surface area contributed by atoms with E-state index in [4.69, 9.17) is 11.5 Å². The minimum Gasteiger partial charge on any atom is -0.342 e. The first-order chi connectivity index (χ1) is 70.1. The second-order valence-electron chi connectivity index (χ2n) is 30.6. The molecule has 55 heteroatoms. The summed E-state index contributed by atoms with van der Waals surface area (Å²) in [5.74, 6) is 10.9. The molecule has 19 heterocycles. The van der Waals surface area contributed by atoms with Gasteiger partial charge in [-0.1, -0.05) is 130 Å². The van der Waals surface area contributed by atoms with Gasteiger partial charge in [0, 0.05) is 117 Å². The highest BCUT2D eigenvalue weighted by Crippen LogP contribution is 2.24. The number of hydrogen-bond acceptors (Lipinski definition) is 51. The van der Waals surface area contributed by atoms with Crippen LogP contribution in [0.5, 0.6) is 0 Å². The number of aromatic amines is 4. The maximum atomic E-state index is 5.21. The summed E-state index contributed by atoms with van der Waals surface area (Å²) in [5, 5.41) is 159. The Labute approximate surface area is 811 Å². The minimum absolute atomic E-state index is 0.243. The van der Waals surface area contributed by atoms with Crippen LogP contribution in [0.2, 0.25) is 0 Å². The fraction of sp³-hybridized carbons (Fsp3) is 0.333. The van der Waals surface area contributed by atoms with Gasteiger partial charge in [0.25, 0.3) is 11.9 Å². The third-order valence-corrected chi connectivity index (χ3v) is 20.3. The molecule has 55 nitrogen and oxygen atoms in total. The highest BCUT2D eigenvalue weighted by atomic mass is 15.5. The predicted octanol–water partition coefficient (Wildman–Crippen LogP) is 3.87. The number of aryl methyl sites for hydroxylation is 2. The summed E-state index contributed by atoms with van der Waals surface area (Å²) in [4.78, 5) is 40.5. The van der Waals surface area contributed by atoms with E-state index < -0.39 is 0 Å². The average Bonchev–Trinajstić information content (AvgIpc) is 1.76.